The van der Waals surface area contributed by atoms with Gasteiger partial charge in [-0.05, 0) is 18.6 Å². The molecule has 1 unspecified atom stereocenters. The number of nitrogens with zero attached hydrogens (tertiary/aromatic N) is 3. The van der Waals surface area contributed by atoms with Gasteiger partial charge in [-0.1, -0.05) is 23.7 Å². The van der Waals surface area contributed by atoms with Crippen LogP contribution in [0.2, 0.25) is 5.02 Å². The number of anilines is 2. The molecule has 2 aromatic rings. The zero-order valence-electron chi connectivity index (χ0n) is 20.2. The molecule has 0 aliphatic carbocycles. The van der Waals surface area contributed by atoms with Crippen LogP contribution in [0.4, 0.5) is 42.9 Å². The third-order valence-corrected chi connectivity index (χ3v) is 6.56. The van der Waals surface area contributed by atoms with Crippen molar-refractivity contribution >= 4 is 46.9 Å². The summed E-state index contributed by atoms with van der Waals surface area (Å²) in [5.41, 5.74) is -2.53. The molecule has 0 saturated carbocycles. The Bertz CT molecular complexity index is 1330. The summed E-state index contributed by atoms with van der Waals surface area (Å²) < 4.78 is 75.0. The van der Waals surface area contributed by atoms with E-state index in [1.165, 1.54) is 6.92 Å². The predicted octanol–water partition coefficient (Wildman–Crippen LogP) is 4.31. The fourth-order valence-electron chi connectivity index (χ4n) is 4.29. The van der Waals surface area contributed by atoms with Crippen LogP contribution in [-0.2, 0) is 27.0 Å². The van der Waals surface area contributed by atoms with Crippen molar-refractivity contribution in [3.63, 3.8) is 0 Å². The lowest BCUT2D eigenvalue weighted by atomic mass is 10.0. The molecule has 0 spiro atoms. The first kappa shape index (κ1) is 28.1. The first-order chi connectivity index (χ1) is 18.3. The van der Waals surface area contributed by atoms with Crippen LogP contribution in [-0.4, -0.2) is 55.1 Å². The summed E-state index contributed by atoms with van der Waals surface area (Å²) in [6, 6.07) is 2.50. The molecular weight excluding hydrogens is 555 g/mol. The number of amides is 5. The van der Waals surface area contributed by atoms with Crippen LogP contribution < -0.4 is 15.1 Å². The molecule has 1 atom stereocenters. The highest BCUT2D eigenvalue weighted by atomic mass is 35.5. The molecule has 15 heteroatoms. The number of esters is 1. The van der Waals surface area contributed by atoms with Gasteiger partial charge in [0, 0.05) is 25.2 Å². The number of imide groups is 1. The van der Waals surface area contributed by atoms with Gasteiger partial charge in [-0.2, -0.15) is 13.2 Å². The Balaban J connectivity index is 1.74. The fourth-order valence-corrected chi connectivity index (χ4v) is 4.58. The van der Waals surface area contributed by atoms with Gasteiger partial charge in [0.25, 0.3) is 0 Å². The van der Waals surface area contributed by atoms with Gasteiger partial charge in [0.1, 0.15) is 5.69 Å². The van der Waals surface area contributed by atoms with E-state index in [0.29, 0.717) is 11.0 Å². The Hall–Kier alpha value is -3.94. The van der Waals surface area contributed by atoms with Crippen LogP contribution in [0, 0.1) is 17.6 Å². The number of carbonyl (C=O) groups is 4. The summed E-state index contributed by atoms with van der Waals surface area (Å²) in [5.74, 6) is -6.19. The Morgan fingerprint density at radius 2 is 1.79 bits per heavy atom. The zero-order chi connectivity index (χ0) is 28.6. The van der Waals surface area contributed by atoms with Gasteiger partial charge in [-0.3, -0.25) is 24.3 Å². The lowest BCUT2D eigenvalue weighted by Gasteiger charge is -2.38. The average molecular weight is 575 g/mol. The second kappa shape index (κ2) is 10.7. The molecule has 0 bridgehead atoms. The third kappa shape index (κ3) is 5.33. The van der Waals surface area contributed by atoms with Crippen LogP contribution in [0.1, 0.15) is 18.1 Å². The molecule has 2 aromatic carbocycles. The molecule has 2 saturated heterocycles. The van der Waals surface area contributed by atoms with Crippen LogP contribution in [0.3, 0.4) is 0 Å². The van der Waals surface area contributed by atoms with Gasteiger partial charge in [-0.15, -0.1) is 0 Å². The monoisotopic (exact) mass is 574 g/mol. The molecule has 0 radical (unpaired) electrons. The summed E-state index contributed by atoms with van der Waals surface area (Å²) in [5, 5.41) is 1.64. The lowest BCUT2D eigenvalue weighted by molar-refractivity contribution is -0.154. The van der Waals surface area contributed by atoms with Crippen molar-refractivity contribution in [2.24, 2.45) is 5.92 Å². The number of carbonyl (C=O) groups excluding carboxylic acids is 4. The Labute approximate surface area is 223 Å². The van der Waals surface area contributed by atoms with Gasteiger partial charge >= 0.3 is 24.2 Å². The van der Waals surface area contributed by atoms with E-state index in [-0.39, 0.29) is 25.3 Å². The normalized spacial score (nSPS) is 18.1. The maximum absolute atomic E-state index is 15.0. The number of hydrogen-bond acceptors (Lipinski definition) is 5. The van der Waals surface area contributed by atoms with Crippen LogP contribution >= 0.6 is 11.6 Å². The number of nitrogens with one attached hydrogen (secondary N) is 1. The molecule has 39 heavy (non-hydrogen) atoms. The van der Waals surface area contributed by atoms with Crippen molar-refractivity contribution in [1.29, 1.82) is 0 Å². The third-order valence-electron chi connectivity index (χ3n) is 6.11. The van der Waals surface area contributed by atoms with E-state index in [1.807, 2.05) is 0 Å². The summed E-state index contributed by atoms with van der Waals surface area (Å²) >= 11 is 5.93. The molecule has 2 heterocycles. The molecule has 2 aliphatic rings. The van der Waals surface area contributed by atoms with Crippen molar-refractivity contribution in [3.05, 3.63) is 58.1 Å². The second-order valence-electron chi connectivity index (χ2n) is 8.54. The highest BCUT2D eigenvalue weighted by Gasteiger charge is 2.45. The maximum atomic E-state index is 15.0. The summed E-state index contributed by atoms with van der Waals surface area (Å²) in [7, 11) is 0. The number of alkyl halides is 3. The van der Waals surface area contributed by atoms with E-state index in [0.717, 1.165) is 34.1 Å². The fraction of sp³-hybridized carbons (Fsp3) is 0.333. The van der Waals surface area contributed by atoms with Crippen molar-refractivity contribution < 1.29 is 45.9 Å². The highest BCUT2D eigenvalue weighted by Crippen LogP contribution is 2.38. The maximum Gasteiger partial charge on any atom is 0.417 e. The number of halogens is 6. The zero-order valence-corrected chi connectivity index (χ0v) is 20.9. The molecular formula is C24H20ClF5N4O5. The molecule has 4 rings (SSSR count). The largest absolute Gasteiger partial charge is 0.465 e. The van der Waals surface area contributed by atoms with E-state index in [4.69, 9.17) is 16.3 Å². The van der Waals surface area contributed by atoms with E-state index < -0.39 is 82.7 Å². The smallest absolute Gasteiger partial charge is 0.417 e. The number of rotatable bonds is 6. The van der Waals surface area contributed by atoms with Crippen molar-refractivity contribution in [1.82, 2.24) is 10.2 Å². The number of benzene rings is 2. The van der Waals surface area contributed by atoms with Crippen molar-refractivity contribution in [2.45, 2.75) is 19.6 Å². The number of ether oxygens (including phenoxy) is 1. The standard InChI is InChI=1S/C24H20ClF5N4O5/c1-2-39-21(36)14-11-33(13-8-16(26)19(17(27)9-13)32-7-6-31-22(32)37)23(38)34(20(14)35)10-12-4-3-5-15(18(12)25)24(28,29)30/h3-5,8-9,14H,2,6-7,10-11H2,1H3,(H,31,37). The van der Waals surface area contributed by atoms with E-state index in [2.05, 4.69) is 5.32 Å². The molecule has 0 aromatic heterocycles. The highest BCUT2D eigenvalue weighted by molar-refractivity contribution is 6.32. The molecule has 1 N–H and O–H groups in total. The van der Waals surface area contributed by atoms with Gasteiger partial charge in [0.15, 0.2) is 17.6 Å². The van der Waals surface area contributed by atoms with Crippen LogP contribution in [0.25, 0.3) is 0 Å². The van der Waals surface area contributed by atoms with Crippen LogP contribution in [0.15, 0.2) is 30.3 Å². The van der Waals surface area contributed by atoms with E-state index in [9.17, 15) is 32.3 Å². The minimum Gasteiger partial charge on any atom is -0.465 e. The van der Waals surface area contributed by atoms with Crippen molar-refractivity contribution in [3.8, 4) is 0 Å². The summed E-state index contributed by atoms with van der Waals surface area (Å²) in [6.45, 7) is 0.0355. The minimum atomic E-state index is -4.83. The SMILES string of the molecule is CCOC(=O)C1CN(c2cc(F)c(N3CCNC3=O)c(F)c2)C(=O)N(Cc2cccc(C(F)(F)F)c2Cl)C1=O. The minimum absolute atomic E-state index is 0.0143. The first-order valence-electron chi connectivity index (χ1n) is 11.5. The quantitative estimate of drug-likeness (QED) is 0.315. The molecule has 2 fully saturated rings. The Morgan fingerprint density at radius 1 is 1.13 bits per heavy atom. The van der Waals surface area contributed by atoms with Crippen LogP contribution in [0.5, 0.6) is 0 Å². The van der Waals surface area contributed by atoms with E-state index in [1.54, 1.807) is 0 Å². The van der Waals surface area contributed by atoms with Gasteiger partial charge in [0.2, 0.25) is 5.91 Å². The first-order valence-corrected chi connectivity index (χ1v) is 11.9. The number of hydrogen-bond donors (Lipinski definition) is 1. The van der Waals surface area contributed by atoms with Gasteiger partial charge in [-0.25, -0.2) is 18.4 Å². The van der Waals surface area contributed by atoms with Crippen molar-refractivity contribution in [2.75, 3.05) is 36.0 Å². The summed E-state index contributed by atoms with van der Waals surface area (Å²) in [6.07, 6.45) is -4.83. The van der Waals surface area contributed by atoms with Gasteiger partial charge < -0.3 is 10.1 Å². The Kier molecular flexibility index (Phi) is 7.68. The second-order valence-corrected chi connectivity index (χ2v) is 8.92. The van der Waals surface area contributed by atoms with Gasteiger partial charge in [0.05, 0.1) is 36.0 Å². The predicted molar refractivity (Wildman–Crippen MR) is 127 cm³/mol. The molecule has 208 valence electrons. The lowest BCUT2D eigenvalue weighted by Crippen LogP contribution is -2.58. The molecule has 5 amide bonds. The molecule has 9 nitrogen and oxygen atoms in total. The average Bonchev–Trinajstić information content (AvgIpc) is 3.27. The van der Waals surface area contributed by atoms with E-state index >= 15 is 8.78 Å². The summed E-state index contributed by atoms with van der Waals surface area (Å²) in [4.78, 5) is 53.0. The Morgan fingerprint density at radius 3 is 2.36 bits per heavy atom. The topological polar surface area (TPSA) is 99.3 Å². The number of urea groups is 2. The molecule has 2 aliphatic heterocycles.